The van der Waals surface area contributed by atoms with Crippen molar-refractivity contribution in [2.75, 3.05) is 0 Å². The maximum absolute atomic E-state index is 11.2. The Labute approximate surface area is 141 Å². The van der Waals surface area contributed by atoms with Gasteiger partial charge < -0.3 is 10.2 Å². The number of furan rings is 1. The number of hydrogen-bond acceptors (Lipinski definition) is 6. The minimum absolute atomic E-state index is 0.0681. The van der Waals surface area contributed by atoms with Gasteiger partial charge in [-0.25, -0.2) is 15.5 Å². The molecule has 0 saturated heterocycles. The zero-order chi connectivity index (χ0) is 18.6. The van der Waals surface area contributed by atoms with Crippen LogP contribution < -0.4 is 11.2 Å². The molecule has 130 valence electrons. The van der Waals surface area contributed by atoms with Crippen LogP contribution in [0.1, 0.15) is 16.9 Å². The monoisotopic (exact) mass is 346 g/mol. The van der Waals surface area contributed by atoms with Crippen LogP contribution in [0.5, 0.6) is 0 Å². The molecule has 0 aliphatic rings. The number of hydrogen-bond donors (Lipinski definition) is 2. The zero-order valence-electron chi connectivity index (χ0n) is 13.3. The molecule has 0 aliphatic carbocycles. The van der Waals surface area contributed by atoms with Gasteiger partial charge in [-0.3, -0.25) is 10.1 Å². The van der Waals surface area contributed by atoms with Crippen LogP contribution in [0.2, 0.25) is 0 Å². The van der Waals surface area contributed by atoms with Gasteiger partial charge in [-0.1, -0.05) is 0 Å². The number of nitro benzene ring substituents is 1. The van der Waals surface area contributed by atoms with Crippen molar-refractivity contribution in [1.29, 1.82) is 0 Å². The summed E-state index contributed by atoms with van der Waals surface area (Å²) in [5, 5.41) is 26.8. The molecule has 1 aromatic carbocycles. The number of hydrazone groups is 2. The first kappa shape index (κ1) is 17.6. The Morgan fingerprint density at radius 3 is 2.56 bits per heavy atom. The normalized spacial score (nSPS) is 11.7. The van der Waals surface area contributed by atoms with Crippen LogP contribution in [0, 0.1) is 34.1 Å². The summed E-state index contributed by atoms with van der Waals surface area (Å²) in [4.78, 5) is 20.9. The molecule has 25 heavy (non-hydrogen) atoms. The van der Waals surface area contributed by atoms with Gasteiger partial charge in [0.25, 0.3) is 11.6 Å². The van der Waals surface area contributed by atoms with E-state index < -0.39 is 15.9 Å². The first-order valence-electron chi connectivity index (χ1n) is 6.91. The van der Waals surface area contributed by atoms with Gasteiger partial charge in [-0.15, -0.1) is 0 Å². The van der Waals surface area contributed by atoms with Crippen LogP contribution >= 0.6 is 0 Å². The van der Waals surface area contributed by atoms with E-state index in [2.05, 4.69) is 15.6 Å². The molecule has 0 atom stereocenters. The Bertz CT molecular complexity index is 886. The second kappa shape index (κ2) is 7.21. The minimum atomic E-state index is -0.971. The summed E-state index contributed by atoms with van der Waals surface area (Å²) >= 11 is 0. The predicted molar refractivity (Wildman–Crippen MR) is 89.6 cm³/mol. The third kappa shape index (κ3) is 4.37. The van der Waals surface area contributed by atoms with Crippen LogP contribution in [0.15, 0.2) is 38.9 Å². The van der Waals surface area contributed by atoms with Gasteiger partial charge in [0.15, 0.2) is 5.03 Å². The van der Waals surface area contributed by atoms with Crippen LogP contribution in [-0.4, -0.2) is 22.1 Å². The maximum Gasteiger partial charge on any atom is 0.286 e. The molecule has 3 N–H and O–H groups in total. The fraction of sp³-hybridized carbons (Fsp3) is 0.143. The Morgan fingerprint density at radius 2 is 1.92 bits per heavy atom. The third-order valence-corrected chi connectivity index (χ3v) is 3.26. The van der Waals surface area contributed by atoms with E-state index in [-0.39, 0.29) is 11.4 Å². The van der Waals surface area contributed by atoms with Gasteiger partial charge in [0, 0.05) is 6.07 Å². The second-order valence-corrected chi connectivity index (χ2v) is 5.01. The molecule has 1 aromatic heterocycles. The Kier molecular flexibility index (Phi) is 5.07. The quantitative estimate of drug-likeness (QED) is 0.361. The molecule has 0 aliphatic heterocycles. The molecule has 11 nitrogen and oxygen atoms in total. The Morgan fingerprint density at radius 1 is 1.24 bits per heavy atom. The van der Waals surface area contributed by atoms with E-state index in [1.165, 1.54) is 12.3 Å². The van der Waals surface area contributed by atoms with Crippen LogP contribution in [-0.2, 0) is 0 Å². The highest BCUT2D eigenvalue weighted by Crippen LogP contribution is 2.33. The fourth-order valence-electron chi connectivity index (χ4n) is 1.99. The van der Waals surface area contributed by atoms with Crippen molar-refractivity contribution < 1.29 is 14.4 Å². The fourth-order valence-corrected chi connectivity index (χ4v) is 1.99. The largest absolute Gasteiger partial charge is 0.455 e. The molecule has 0 spiro atoms. The molecule has 0 fully saturated rings. The standard InChI is InChI=1S/C14H14N6O5/c1-8-5-11(12(19(21)22)6-9(8)2)13-4-3-10(25-13)7-16-17-14(15)18-20(23)24/h3-7H,1-2H3,(H3,15,17,18)/b16-7+. The lowest BCUT2D eigenvalue weighted by Gasteiger charge is -2.04. The van der Waals surface area contributed by atoms with Crippen molar-refractivity contribution in [3.8, 4) is 11.3 Å². The van der Waals surface area contributed by atoms with Crippen LogP contribution in [0.25, 0.3) is 11.3 Å². The molecular formula is C14H14N6O5. The lowest BCUT2D eigenvalue weighted by atomic mass is 10.0. The number of nitrogens with one attached hydrogen (secondary N) is 1. The molecule has 0 amide bonds. The number of guanidine groups is 1. The molecule has 0 radical (unpaired) electrons. The van der Waals surface area contributed by atoms with Gasteiger partial charge in [-0.2, -0.15) is 5.10 Å². The van der Waals surface area contributed by atoms with Crippen LogP contribution in [0.4, 0.5) is 5.69 Å². The third-order valence-electron chi connectivity index (χ3n) is 3.26. The van der Waals surface area contributed by atoms with Crippen LogP contribution in [0.3, 0.4) is 0 Å². The highest BCUT2D eigenvalue weighted by molar-refractivity contribution is 5.82. The maximum atomic E-state index is 11.2. The zero-order valence-corrected chi connectivity index (χ0v) is 13.3. The van der Waals surface area contributed by atoms with E-state index in [1.54, 1.807) is 25.1 Å². The summed E-state index contributed by atoms with van der Waals surface area (Å²) in [5.41, 5.74) is 9.30. The number of nitro groups is 2. The van der Waals surface area contributed by atoms with E-state index in [9.17, 15) is 20.2 Å². The molecule has 2 aromatic rings. The average molecular weight is 346 g/mol. The second-order valence-electron chi connectivity index (χ2n) is 5.01. The van der Waals surface area contributed by atoms with E-state index in [1.807, 2.05) is 6.92 Å². The van der Waals surface area contributed by atoms with Crippen molar-refractivity contribution in [3.05, 3.63) is 61.4 Å². The highest BCUT2D eigenvalue weighted by atomic mass is 16.7. The van der Waals surface area contributed by atoms with Gasteiger partial charge in [-0.05, 0) is 43.2 Å². The number of nitrogens with zero attached hydrogens (tertiary/aromatic N) is 4. The molecular weight excluding hydrogens is 332 g/mol. The first-order chi connectivity index (χ1) is 11.8. The molecule has 0 bridgehead atoms. The summed E-state index contributed by atoms with van der Waals surface area (Å²) in [6.45, 7) is 3.63. The Balaban J connectivity index is 2.26. The minimum Gasteiger partial charge on any atom is -0.455 e. The molecule has 0 unspecified atom stereocenters. The lowest BCUT2D eigenvalue weighted by Crippen LogP contribution is -2.28. The number of aryl methyl sites for hydroxylation is 2. The predicted octanol–water partition coefficient (Wildman–Crippen LogP) is 1.90. The topological polar surface area (TPSA) is 162 Å². The van der Waals surface area contributed by atoms with Crippen molar-refractivity contribution in [2.24, 2.45) is 15.9 Å². The summed E-state index contributed by atoms with van der Waals surface area (Å²) in [6, 6.07) is 6.26. The smallest absolute Gasteiger partial charge is 0.286 e. The van der Waals surface area contributed by atoms with Gasteiger partial charge >= 0.3 is 0 Å². The van der Waals surface area contributed by atoms with Crippen molar-refractivity contribution >= 4 is 17.9 Å². The molecule has 1 heterocycles. The van der Waals surface area contributed by atoms with E-state index in [0.29, 0.717) is 11.3 Å². The molecule has 2 rings (SSSR count). The summed E-state index contributed by atoms with van der Waals surface area (Å²) < 4.78 is 5.51. The number of rotatable bonds is 5. The van der Waals surface area contributed by atoms with Crippen molar-refractivity contribution in [2.45, 2.75) is 13.8 Å². The first-order valence-corrected chi connectivity index (χ1v) is 6.91. The summed E-state index contributed by atoms with van der Waals surface area (Å²) in [5.74, 6) is 0.0601. The summed E-state index contributed by atoms with van der Waals surface area (Å²) in [7, 11) is 0. The van der Waals surface area contributed by atoms with Crippen molar-refractivity contribution in [3.63, 3.8) is 0 Å². The lowest BCUT2D eigenvalue weighted by molar-refractivity contribution is -0.485. The van der Waals surface area contributed by atoms with Gasteiger partial charge in [0.2, 0.25) is 0 Å². The molecule has 0 saturated carbocycles. The Hall–Kier alpha value is -3.76. The van der Waals surface area contributed by atoms with Gasteiger partial charge in [0.05, 0.1) is 16.7 Å². The SMILES string of the molecule is Cc1cc(-c2ccc(/C=N/N/C(N)=N\[N+](=O)[O-])o2)c([N+](=O)[O-])cc1C. The average Bonchev–Trinajstić information content (AvgIpc) is 2.97. The highest BCUT2D eigenvalue weighted by Gasteiger charge is 2.19. The van der Waals surface area contributed by atoms with Gasteiger partial charge in [0.1, 0.15) is 16.6 Å². The number of nitrogens with two attached hydrogens (primary N) is 1. The molecule has 11 heteroatoms. The van der Waals surface area contributed by atoms with E-state index in [0.717, 1.165) is 11.1 Å². The number of benzene rings is 1. The van der Waals surface area contributed by atoms with E-state index in [4.69, 9.17) is 10.2 Å². The van der Waals surface area contributed by atoms with Crippen molar-refractivity contribution in [1.82, 2.24) is 5.43 Å². The summed E-state index contributed by atoms with van der Waals surface area (Å²) in [6.07, 6.45) is 1.21. The van der Waals surface area contributed by atoms with E-state index >= 15 is 0 Å².